The first kappa shape index (κ1) is 19.9. The van der Waals surface area contributed by atoms with Gasteiger partial charge in [-0.3, -0.25) is 4.99 Å². The second kappa shape index (κ2) is 9.88. The average Bonchev–Trinajstić information content (AvgIpc) is 2.77. The molecule has 1 heterocycles. The van der Waals surface area contributed by atoms with E-state index in [1.807, 2.05) is 19.2 Å². The molecule has 28 heavy (non-hydrogen) atoms. The Hall–Kier alpha value is -2.89. The van der Waals surface area contributed by atoms with Crippen LogP contribution in [0.4, 0.5) is 5.69 Å². The summed E-state index contributed by atoms with van der Waals surface area (Å²) in [5, 5.41) is 6.95. The number of aliphatic imine (C=N–C) groups is 1. The van der Waals surface area contributed by atoms with Crippen LogP contribution in [0.5, 0.6) is 11.5 Å². The summed E-state index contributed by atoms with van der Waals surface area (Å²) in [7, 11) is 5.18. The smallest absolute Gasteiger partial charge is 0.191 e. The molecule has 0 amide bonds. The fraction of sp³-hybridized carbons (Fsp3) is 0.409. The molecule has 0 atom stereocenters. The molecular formula is C22H30N4O2. The highest BCUT2D eigenvalue weighted by Crippen LogP contribution is 2.30. The second-order valence-corrected chi connectivity index (χ2v) is 6.89. The van der Waals surface area contributed by atoms with Gasteiger partial charge in [0.2, 0.25) is 0 Å². The van der Waals surface area contributed by atoms with Crippen molar-refractivity contribution in [1.82, 2.24) is 10.6 Å². The van der Waals surface area contributed by atoms with Crippen LogP contribution < -0.4 is 25.0 Å². The van der Waals surface area contributed by atoms with Gasteiger partial charge >= 0.3 is 0 Å². The van der Waals surface area contributed by atoms with Crippen LogP contribution in [0.25, 0.3) is 0 Å². The highest BCUT2D eigenvalue weighted by Gasteiger charge is 2.21. The van der Waals surface area contributed by atoms with Crippen LogP contribution in [0.15, 0.2) is 53.5 Å². The van der Waals surface area contributed by atoms with E-state index in [1.165, 1.54) is 5.56 Å². The molecule has 0 bridgehead atoms. The largest absolute Gasteiger partial charge is 0.497 e. The third kappa shape index (κ3) is 5.31. The van der Waals surface area contributed by atoms with Crippen molar-refractivity contribution in [3.8, 4) is 11.5 Å². The van der Waals surface area contributed by atoms with Gasteiger partial charge in [0.25, 0.3) is 0 Å². The highest BCUT2D eigenvalue weighted by molar-refractivity contribution is 5.80. The first-order valence-electron chi connectivity index (χ1n) is 9.71. The fourth-order valence-corrected chi connectivity index (χ4v) is 3.43. The maximum Gasteiger partial charge on any atom is 0.191 e. The van der Waals surface area contributed by atoms with Gasteiger partial charge in [-0.15, -0.1) is 0 Å². The van der Waals surface area contributed by atoms with E-state index in [0.717, 1.165) is 55.6 Å². The van der Waals surface area contributed by atoms with Crippen molar-refractivity contribution in [3.63, 3.8) is 0 Å². The fourth-order valence-electron chi connectivity index (χ4n) is 3.43. The number of hydrogen-bond donors (Lipinski definition) is 2. The summed E-state index contributed by atoms with van der Waals surface area (Å²) in [4.78, 5) is 6.75. The Bertz CT molecular complexity index is 749. The molecule has 1 aliphatic heterocycles. The van der Waals surface area contributed by atoms with E-state index in [1.54, 1.807) is 14.2 Å². The molecule has 150 valence electrons. The van der Waals surface area contributed by atoms with E-state index in [2.05, 4.69) is 56.9 Å². The number of hydrogen-bond acceptors (Lipinski definition) is 4. The van der Waals surface area contributed by atoms with Crippen LogP contribution in [0.1, 0.15) is 18.4 Å². The molecule has 0 unspecified atom stereocenters. The minimum atomic E-state index is 0.408. The van der Waals surface area contributed by atoms with Gasteiger partial charge in [0.15, 0.2) is 5.96 Å². The van der Waals surface area contributed by atoms with Crippen molar-refractivity contribution in [2.75, 3.05) is 39.3 Å². The molecule has 6 nitrogen and oxygen atoms in total. The van der Waals surface area contributed by atoms with Crippen LogP contribution in [-0.4, -0.2) is 46.4 Å². The van der Waals surface area contributed by atoms with Gasteiger partial charge in [0, 0.05) is 56.6 Å². The van der Waals surface area contributed by atoms with E-state index in [9.17, 15) is 0 Å². The van der Waals surface area contributed by atoms with Crippen LogP contribution in [-0.2, 0) is 6.54 Å². The maximum absolute atomic E-state index is 5.40. The topological polar surface area (TPSA) is 58.1 Å². The number of nitrogens with one attached hydrogen (secondary N) is 2. The van der Waals surface area contributed by atoms with Crippen molar-refractivity contribution in [2.24, 2.45) is 4.99 Å². The number of guanidine groups is 1. The quantitative estimate of drug-likeness (QED) is 0.594. The minimum absolute atomic E-state index is 0.408. The van der Waals surface area contributed by atoms with Gasteiger partial charge in [-0.1, -0.05) is 30.3 Å². The molecular weight excluding hydrogens is 352 g/mol. The number of methoxy groups -OCH3 is 2. The lowest BCUT2D eigenvalue weighted by atomic mass is 10.0. The van der Waals surface area contributed by atoms with Crippen molar-refractivity contribution in [1.29, 1.82) is 0 Å². The highest BCUT2D eigenvalue weighted by atomic mass is 16.5. The molecule has 2 aromatic rings. The number of benzene rings is 2. The van der Waals surface area contributed by atoms with Crippen molar-refractivity contribution < 1.29 is 9.47 Å². The van der Waals surface area contributed by atoms with E-state index in [-0.39, 0.29) is 0 Å². The molecule has 1 aliphatic rings. The number of rotatable bonds is 6. The number of anilines is 1. The first-order chi connectivity index (χ1) is 13.7. The third-order valence-corrected chi connectivity index (χ3v) is 5.06. The SMILES string of the molecule is CN=C(NCc1ccccc1)NC1CCN(c2cc(OC)cc(OC)c2)CC1. The lowest BCUT2D eigenvalue weighted by molar-refractivity contribution is 0.393. The normalized spacial score (nSPS) is 15.2. The van der Waals surface area contributed by atoms with E-state index < -0.39 is 0 Å². The van der Waals surface area contributed by atoms with E-state index >= 15 is 0 Å². The molecule has 0 spiro atoms. The first-order valence-corrected chi connectivity index (χ1v) is 9.71. The summed E-state index contributed by atoms with van der Waals surface area (Å²) < 4.78 is 10.8. The Kier molecular flexibility index (Phi) is 7.00. The molecule has 0 saturated carbocycles. The van der Waals surface area contributed by atoms with Crippen molar-refractivity contribution >= 4 is 11.6 Å². The summed E-state index contributed by atoms with van der Waals surface area (Å²) in [5.74, 6) is 2.49. The van der Waals surface area contributed by atoms with E-state index in [0.29, 0.717) is 6.04 Å². The third-order valence-electron chi connectivity index (χ3n) is 5.06. The van der Waals surface area contributed by atoms with Crippen LogP contribution in [0.2, 0.25) is 0 Å². The Morgan fingerprint density at radius 2 is 1.68 bits per heavy atom. The molecule has 3 rings (SSSR count). The average molecular weight is 383 g/mol. The van der Waals surface area contributed by atoms with Gasteiger partial charge in [0.05, 0.1) is 14.2 Å². The maximum atomic E-state index is 5.40. The molecule has 2 aromatic carbocycles. The van der Waals surface area contributed by atoms with Gasteiger partial charge in [0.1, 0.15) is 11.5 Å². The Balaban J connectivity index is 1.52. The van der Waals surface area contributed by atoms with Gasteiger partial charge in [-0.2, -0.15) is 0 Å². The second-order valence-electron chi connectivity index (χ2n) is 6.89. The summed E-state index contributed by atoms with van der Waals surface area (Å²) >= 11 is 0. The molecule has 2 N–H and O–H groups in total. The Labute approximate surface area is 167 Å². The number of ether oxygens (including phenoxy) is 2. The summed E-state index contributed by atoms with van der Waals surface area (Å²) in [6.07, 6.45) is 2.09. The molecule has 0 radical (unpaired) electrons. The Morgan fingerprint density at radius 3 is 2.25 bits per heavy atom. The van der Waals surface area contributed by atoms with Crippen molar-refractivity contribution in [2.45, 2.75) is 25.4 Å². The standard InChI is InChI=1S/C22H30N4O2/c1-23-22(24-16-17-7-5-4-6-8-17)25-18-9-11-26(12-10-18)19-13-20(27-2)15-21(14-19)28-3/h4-8,13-15,18H,9-12,16H2,1-3H3,(H2,23,24,25). The molecule has 0 aromatic heterocycles. The van der Waals surface area contributed by atoms with Gasteiger partial charge in [-0.05, 0) is 18.4 Å². The summed E-state index contributed by atoms with van der Waals surface area (Å²) in [5.41, 5.74) is 2.38. The monoisotopic (exact) mass is 382 g/mol. The Morgan fingerprint density at radius 1 is 1.04 bits per heavy atom. The molecule has 1 saturated heterocycles. The van der Waals surface area contributed by atoms with Gasteiger partial charge < -0.3 is 25.0 Å². The minimum Gasteiger partial charge on any atom is -0.497 e. The molecule has 0 aliphatic carbocycles. The lowest BCUT2D eigenvalue weighted by Crippen LogP contribution is -2.48. The zero-order valence-corrected chi connectivity index (χ0v) is 16.9. The number of piperidine rings is 1. The van der Waals surface area contributed by atoms with Crippen LogP contribution in [0, 0.1) is 0 Å². The lowest BCUT2D eigenvalue weighted by Gasteiger charge is -2.34. The summed E-state index contributed by atoms with van der Waals surface area (Å²) in [6, 6.07) is 16.8. The predicted octanol–water partition coefficient (Wildman–Crippen LogP) is 3.04. The molecule has 6 heteroatoms. The van der Waals surface area contributed by atoms with Gasteiger partial charge in [-0.25, -0.2) is 0 Å². The van der Waals surface area contributed by atoms with E-state index in [4.69, 9.17) is 9.47 Å². The zero-order chi connectivity index (χ0) is 19.8. The summed E-state index contributed by atoms with van der Waals surface area (Å²) in [6.45, 7) is 2.72. The van der Waals surface area contributed by atoms with Crippen molar-refractivity contribution in [3.05, 3.63) is 54.1 Å². The molecule has 1 fully saturated rings. The van der Waals surface area contributed by atoms with Crippen LogP contribution >= 0.6 is 0 Å². The zero-order valence-electron chi connectivity index (χ0n) is 16.9. The van der Waals surface area contributed by atoms with Crippen LogP contribution in [0.3, 0.4) is 0 Å². The number of nitrogens with zero attached hydrogens (tertiary/aromatic N) is 2. The predicted molar refractivity (Wildman–Crippen MR) is 115 cm³/mol.